The van der Waals surface area contributed by atoms with Gasteiger partial charge >= 0.3 is 0 Å². The van der Waals surface area contributed by atoms with Crippen molar-refractivity contribution >= 4 is 0 Å². The summed E-state index contributed by atoms with van der Waals surface area (Å²) in [4.78, 5) is 0. The average molecular weight is 257 g/mol. The Hall–Kier alpha value is -1.61. The number of hydrogen-bond acceptors (Lipinski definition) is 2. The van der Waals surface area contributed by atoms with E-state index in [1.54, 1.807) is 0 Å². The third-order valence-corrected chi connectivity index (χ3v) is 3.12. The highest BCUT2D eigenvalue weighted by Gasteiger charge is 2.00. The van der Waals surface area contributed by atoms with Gasteiger partial charge in [-0.05, 0) is 37.4 Å². The first-order valence-electron chi connectivity index (χ1n) is 7.05. The summed E-state index contributed by atoms with van der Waals surface area (Å²) in [7, 11) is 0. The molecule has 1 N–H and O–H groups in total. The van der Waals surface area contributed by atoms with Gasteiger partial charge < -0.3 is 5.32 Å². The molecule has 1 aromatic heterocycles. The van der Waals surface area contributed by atoms with Crippen molar-refractivity contribution in [1.29, 1.82) is 0 Å². The number of nitrogens with one attached hydrogen (secondary N) is 1. The Labute approximate surface area is 115 Å². The molecule has 0 saturated carbocycles. The van der Waals surface area contributed by atoms with Gasteiger partial charge in [-0.2, -0.15) is 5.10 Å². The molecule has 0 aliphatic carbocycles. The Morgan fingerprint density at radius 2 is 2.00 bits per heavy atom. The summed E-state index contributed by atoms with van der Waals surface area (Å²) in [5.74, 6) is 0.794. The molecule has 3 nitrogen and oxygen atoms in total. The molecule has 0 atom stereocenters. The lowest BCUT2D eigenvalue weighted by Crippen LogP contribution is -2.14. The summed E-state index contributed by atoms with van der Waals surface area (Å²) in [6, 6.07) is 10.2. The fourth-order valence-corrected chi connectivity index (χ4v) is 2.04. The Bertz CT molecular complexity index is 474. The normalized spacial score (nSPS) is 11.1. The van der Waals surface area contributed by atoms with Gasteiger partial charge in [0.05, 0.1) is 11.9 Å². The second-order valence-electron chi connectivity index (χ2n) is 5.34. The van der Waals surface area contributed by atoms with Gasteiger partial charge in [0.1, 0.15) is 0 Å². The van der Waals surface area contributed by atoms with Crippen molar-refractivity contribution in [3.05, 3.63) is 48.3 Å². The van der Waals surface area contributed by atoms with Crippen LogP contribution in [0, 0.1) is 5.92 Å². The topological polar surface area (TPSA) is 29.9 Å². The Morgan fingerprint density at radius 1 is 1.21 bits per heavy atom. The van der Waals surface area contributed by atoms with E-state index in [0.717, 1.165) is 24.7 Å². The third kappa shape index (κ3) is 4.52. The number of nitrogens with zero attached hydrogens (tertiary/aromatic N) is 2. The second-order valence-corrected chi connectivity index (χ2v) is 5.34. The minimum absolute atomic E-state index is 0.794. The molecule has 19 heavy (non-hydrogen) atoms. The van der Waals surface area contributed by atoms with Gasteiger partial charge in [0.15, 0.2) is 0 Å². The van der Waals surface area contributed by atoms with E-state index in [1.807, 2.05) is 29.1 Å². The molecule has 0 unspecified atom stereocenters. The van der Waals surface area contributed by atoms with Gasteiger partial charge in [0.2, 0.25) is 0 Å². The highest BCUT2D eigenvalue weighted by Crippen LogP contribution is 2.07. The molecule has 1 heterocycles. The maximum atomic E-state index is 4.39. The molecule has 0 aliphatic heterocycles. The minimum Gasteiger partial charge on any atom is -0.313 e. The molecule has 0 aliphatic rings. The predicted molar refractivity (Wildman–Crippen MR) is 79.3 cm³/mol. The van der Waals surface area contributed by atoms with Crippen molar-refractivity contribution in [3.8, 4) is 5.69 Å². The van der Waals surface area contributed by atoms with Gasteiger partial charge in [-0.1, -0.05) is 32.0 Å². The van der Waals surface area contributed by atoms with Crippen molar-refractivity contribution < 1.29 is 0 Å². The number of para-hydroxylation sites is 1. The molecule has 0 spiro atoms. The Balaban J connectivity index is 1.78. The van der Waals surface area contributed by atoms with Crippen molar-refractivity contribution in [2.24, 2.45) is 5.92 Å². The van der Waals surface area contributed by atoms with Gasteiger partial charge in [-0.3, -0.25) is 0 Å². The summed E-state index contributed by atoms with van der Waals surface area (Å²) in [6.45, 7) is 6.51. The Kier molecular flexibility index (Phi) is 5.16. The lowest BCUT2D eigenvalue weighted by Gasteiger charge is -2.05. The SMILES string of the molecule is CC(C)CCCNCc1cnn(-c2ccccc2)c1. The smallest absolute Gasteiger partial charge is 0.0645 e. The van der Waals surface area contributed by atoms with Gasteiger partial charge in [0, 0.05) is 18.3 Å². The van der Waals surface area contributed by atoms with Crippen LogP contribution in [-0.2, 0) is 6.54 Å². The molecule has 0 radical (unpaired) electrons. The molecule has 0 bridgehead atoms. The maximum absolute atomic E-state index is 4.39. The molecule has 0 saturated heterocycles. The summed E-state index contributed by atoms with van der Waals surface area (Å²) >= 11 is 0. The van der Waals surface area contributed by atoms with Crippen molar-refractivity contribution in [1.82, 2.24) is 15.1 Å². The zero-order chi connectivity index (χ0) is 13.5. The second kappa shape index (κ2) is 7.10. The van der Waals surface area contributed by atoms with Gasteiger partial charge in [0.25, 0.3) is 0 Å². The molecule has 0 amide bonds. The predicted octanol–water partition coefficient (Wildman–Crippen LogP) is 3.40. The molecule has 102 valence electrons. The molecular weight excluding hydrogens is 234 g/mol. The first kappa shape index (κ1) is 13.8. The Morgan fingerprint density at radius 3 is 2.74 bits per heavy atom. The van der Waals surface area contributed by atoms with Gasteiger partial charge in [-0.25, -0.2) is 4.68 Å². The van der Waals surface area contributed by atoms with E-state index in [9.17, 15) is 0 Å². The molecular formula is C16H23N3. The molecule has 2 aromatic rings. The van der Waals surface area contributed by atoms with Crippen molar-refractivity contribution in [3.63, 3.8) is 0 Å². The standard InChI is InChI=1S/C16H23N3/c1-14(2)7-6-10-17-11-15-12-18-19(13-15)16-8-4-3-5-9-16/h3-5,8-9,12-14,17H,6-7,10-11H2,1-2H3. The van der Waals surface area contributed by atoms with E-state index in [-0.39, 0.29) is 0 Å². The monoisotopic (exact) mass is 257 g/mol. The largest absolute Gasteiger partial charge is 0.313 e. The summed E-state index contributed by atoms with van der Waals surface area (Å²) < 4.78 is 1.92. The van der Waals surface area contributed by atoms with Crippen LogP contribution in [-0.4, -0.2) is 16.3 Å². The van der Waals surface area contributed by atoms with E-state index in [2.05, 4.69) is 42.6 Å². The van der Waals surface area contributed by atoms with Crippen LogP contribution >= 0.6 is 0 Å². The summed E-state index contributed by atoms with van der Waals surface area (Å²) in [5.41, 5.74) is 2.34. The quantitative estimate of drug-likeness (QED) is 0.770. The van der Waals surface area contributed by atoms with E-state index >= 15 is 0 Å². The van der Waals surface area contributed by atoms with E-state index in [4.69, 9.17) is 0 Å². The fourth-order valence-electron chi connectivity index (χ4n) is 2.04. The van der Waals surface area contributed by atoms with Crippen LogP contribution in [0.2, 0.25) is 0 Å². The average Bonchev–Trinajstić information content (AvgIpc) is 2.88. The lowest BCUT2D eigenvalue weighted by molar-refractivity contribution is 0.527. The fraction of sp³-hybridized carbons (Fsp3) is 0.438. The lowest BCUT2D eigenvalue weighted by atomic mass is 10.1. The van der Waals surface area contributed by atoms with Crippen molar-refractivity contribution in [2.45, 2.75) is 33.2 Å². The van der Waals surface area contributed by atoms with E-state index in [0.29, 0.717) is 0 Å². The van der Waals surface area contributed by atoms with Gasteiger partial charge in [-0.15, -0.1) is 0 Å². The van der Waals surface area contributed by atoms with E-state index < -0.39 is 0 Å². The molecule has 0 fully saturated rings. The zero-order valence-corrected chi connectivity index (χ0v) is 11.8. The van der Waals surface area contributed by atoms with Crippen LogP contribution in [0.25, 0.3) is 5.69 Å². The summed E-state index contributed by atoms with van der Waals surface area (Å²) in [5, 5.41) is 7.86. The first-order chi connectivity index (χ1) is 9.25. The van der Waals surface area contributed by atoms with Crippen LogP contribution in [0.3, 0.4) is 0 Å². The number of hydrogen-bond donors (Lipinski definition) is 1. The molecule has 3 heteroatoms. The highest BCUT2D eigenvalue weighted by molar-refractivity contribution is 5.30. The minimum atomic E-state index is 0.794. The molecule has 1 aromatic carbocycles. The zero-order valence-electron chi connectivity index (χ0n) is 11.8. The van der Waals surface area contributed by atoms with Crippen molar-refractivity contribution in [2.75, 3.05) is 6.54 Å². The molecule has 2 rings (SSSR count). The third-order valence-electron chi connectivity index (χ3n) is 3.12. The van der Waals surface area contributed by atoms with E-state index in [1.165, 1.54) is 18.4 Å². The van der Waals surface area contributed by atoms with Crippen LogP contribution in [0.5, 0.6) is 0 Å². The number of rotatable bonds is 7. The number of aromatic nitrogens is 2. The first-order valence-corrected chi connectivity index (χ1v) is 7.05. The maximum Gasteiger partial charge on any atom is 0.0645 e. The highest BCUT2D eigenvalue weighted by atomic mass is 15.3. The summed E-state index contributed by atoms with van der Waals surface area (Å²) in [6.07, 6.45) is 6.55. The number of benzene rings is 1. The van der Waals surface area contributed by atoms with Crippen LogP contribution < -0.4 is 5.32 Å². The van der Waals surface area contributed by atoms with Crippen LogP contribution in [0.4, 0.5) is 0 Å². The van der Waals surface area contributed by atoms with Crippen LogP contribution in [0.1, 0.15) is 32.3 Å². The van der Waals surface area contributed by atoms with Crippen LogP contribution in [0.15, 0.2) is 42.7 Å².